The second-order valence-corrected chi connectivity index (χ2v) is 9.36. The molecule has 0 amide bonds. The van der Waals surface area contributed by atoms with Crippen LogP contribution in [0.5, 0.6) is 11.5 Å². The van der Waals surface area contributed by atoms with Crippen LogP contribution in [0.1, 0.15) is 0 Å². The lowest BCUT2D eigenvalue weighted by Gasteiger charge is -2.22. The topological polar surface area (TPSA) is 22.4 Å². The van der Waals surface area contributed by atoms with Gasteiger partial charge in [0.15, 0.2) is 0 Å². The third-order valence-electron chi connectivity index (χ3n) is 7.26. The molecular weight excluding hydrogens is 440 g/mol. The van der Waals surface area contributed by atoms with E-state index in [2.05, 4.69) is 97.1 Å². The van der Waals surface area contributed by atoms with Crippen molar-refractivity contribution in [3.8, 4) is 44.9 Å². The fourth-order valence-corrected chi connectivity index (χ4v) is 5.52. The molecule has 0 spiro atoms. The van der Waals surface area contributed by atoms with Gasteiger partial charge in [0.25, 0.3) is 0 Å². The van der Waals surface area contributed by atoms with Gasteiger partial charge in [-0.3, -0.25) is 0 Å². The number of hydrogen-bond donors (Lipinski definition) is 0. The van der Waals surface area contributed by atoms with Crippen LogP contribution in [-0.2, 0) is 0 Å². The predicted octanol–water partition coefficient (Wildman–Crippen LogP) is 9.85. The maximum Gasteiger partial charge on any atom is 0.135 e. The molecule has 2 nitrogen and oxygen atoms in total. The van der Waals surface area contributed by atoms with E-state index >= 15 is 0 Å². The molecule has 0 aliphatic carbocycles. The average molecular weight is 461 g/mol. The van der Waals surface area contributed by atoms with E-state index in [4.69, 9.17) is 9.15 Å². The van der Waals surface area contributed by atoms with E-state index in [1.165, 1.54) is 38.6 Å². The number of fused-ring (bicyclic) bond motifs is 5. The van der Waals surface area contributed by atoms with Gasteiger partial charge in [-0.15, -0.1) is 0 Å². The number of furan rings is 1. The zero-order valence-electron chi connectivity index (χ0n) is 19.4. The Hall–Kier alpha value is -4.82. The van der Waals surface area contributed by atoms with Crippen LogP contribution >= 0.6 is 0 Å². The lowest BCUT2D eigenvalue weighted by atomic mass is 9.90. The van der Waals surface area contributed by atoms with Crippen molar-refractivity contribution >= 4 is 32.7 Å². The van der Waals surface area contributed by atoms with Gasteiger partial charge in [-0.25, -0.2) is 0 Å². The molecule has 0 saturated heterocycles. The Labute approximate surface area is 208 Å². The summed E-state index contributed by atoms with van der Waals surface area (Å²) < 4.78 is 12.2. The molecule has 2 heterocycles. The first-order valence-corrected chi connectivity index (χ1v) is 12.2. The Bertz CT molecular complexity index is 1960. The van der Waals surface area contributed by atoms with Crippen LogP contribution in [-0.4, -0.2) is 0 Å². The van der Waals surface area contributed by atoms with Gasteiger partial charge < -0.3 is 9.15 Å². The quantitative estimate of drug-likeness (QED) is 0.256. The zero-order chi connectivity index (χ0) is 23.6. The van der Waals surface area contributed by atoms with Crippen LogP contribution in [0.2, 0.25) is 0 Å². The van der Waals surface area contributed by atoms with Gasteiger partial charge in [0.1, 0.15) is 22.7 Å². The minimum atomic E-state index is 0.909. The lowest BCUT2D eigenvalue weighted by Crippen LogP contribution is -1.97. The van der Waals surface area contributed by atoms with E-state index in [0.717, 1.165) is 39.0 Å². The van der Waals surface area contributed by atoms with E-state index in [-0.39, 0.29) is 0 Å². The SMILES string of the molecule is c1ccc2c(c1)Oc1cccc3cc(-c4ccc(-c5ccc6oc7ccccc7c6c5)cc4)cc-2c13. The predicted molar refractivity (Wildman–Crippen MR) is 148 cm³/mol. The Balaban J connectivity index is 1.24. The summed E-state index contributed by atoms with van der Waals surface area (Å²) in [5, 5.41) is 4.67. The second-order valence-electron chi connectivity index (χ2n) is 9.36. The smallest absolute Gasteiger partial charge is 0.135 e. The van der Waals surface area contributed by atoms with Gasteiger partial charge in [0, 0.05) is 21.7 Å². The molecule has 0 N–H and O–H groups in total. The molecule has 1 aromatic heterocycles. The number of rotatable bonds is 2. The summed E-state index contributed by atoms with van der Waals surface area (Å²) in [5.74, 6) is 1.83. The first-order valence-electron chi connectivity index (χ1n) is 12.2. The summed E-state index contributed by atoms with van der Waals surface area (Å²) in [6, 6.07) is 42.6. The molecule has 0 bridgehead atoms. The van der Waals surface area contributed by atoms with Crippen molar-refractivity contribution in [2.45, 2.75) is 0 Å². The molecule has 1 aliphatic heterocycles. The highest BCUT2D eigenvalue weighted by molar-refractivity contribution is 6.07. The van der Waals surface area contributed by atoms with Gasteiger partial charge in [-0.1, -0.05) is 78.9 Å². The summed E-state index contributed by atoms with van der Waals surface area (Å²) in [6.07, 6.45) is 0. The van der Waals surface area contributed by atoms with Gasteiger partial charge >= 0.3 is 0 Å². The molecule has 2 heteroatoms. The van der Waals surface area contributed by atoms with Crippen molar-refractivity contribution in [1.29, 1.82) is 0 Å². The van der Waals surface area contributed by atoms with Crippen molar-refractivity contribution < 1.29 is 9.15 Å². The van der Waals surface area contributed by atoms with E-state index < -0.39 is 0 Å². The summed E-state index contributed by atoms with van der Waals surface area (Å²) in [4.78, 5) is 0. The summed E-state index contributed by atoms with van der Waals surface area (Å²) in [6.45, 7) is 0. The highest BCUT2D eigenvalue weighted by atomic mass is 16.5. The number of hydrogen-bond acceptors (Lipinski definition) is 2. The molecular formula is C34H20O2. The standard InChI is InChI=1S/C34H20O2/c1-3-9-30-26(7-1)28-19-23(16-17-32(28)35-30)21-12-14-22(15-13-21)25-18-24-6-5-11-33-34(24)29(20-25)27-8-2-4-10-31(27)36-33/h1-20H. The van der Waals surface area contributed by atoms with E-state index in [1.807, 2.05) is 24.3 Å². The van der Waals surface area contributed by atoms with Crippen LogP contribution in [0.4, 0.5) is 0 Å². The van der Waals surface area contributed by atoms with Gasteiger partial charge in [-0.2, -0.15) is 0 Å². The molecule has 0 atom stereocenters. The Morgan fingerprint density at radius 3 is 2.06 bits per heavy atom. The zero-order valence-corrected chi connectivity index (χ0v) is 19.4. The first kappa shape index (κ1) is 19.5. The molecule has 8 rings (SSSR count). The lowest BCUT2D eigenvalue weighted by molar-refractivity contribution is 0.487. The maximum absolute atomic E-state index is 6.20. The molecule has 0 unspecified atom stereocenters. The molecule has 36 heavy (non-hydrogen) atoms. The van der Waals surface area contributed by atoms with E-state index in [0.29, 0.717) is 0 Å². The molecule has 7 aromatic rings. The molecule has 0 radical (unpaired) electrons. The molecule has 0 saturated carbocycles. The number of ether oxygens (including phenoxy) is 1. The molecule has 6 aromatic carbocycles. The van der Waals surface area contributed by atoms with Crippen LogP contribution in [0, 0.1) is 0 Å². The van der Waals surface area contributed by atoms with E-state index in [1.54, 1.807) is 0 Å². The van der Waals surface area contributed by atoms with Crippen LogP contribution < -0.4 is 4.74 Å². The largest absolute Gasteiger partial charge is 0.456 e. The maximum atomic E-state index is 6.20. The fraction of sp³-hybridized carbons (Fsp3) is 0. The third-order valence-corrected chi connectivity index (χ3v) is 7.26. The van der Waals surface area contributed by atoms with Crippen LogP contribution in [0.3, 0.4) is 0 Å². The van der Waals surface area contributed by atoms with Gasteiger partial charge in [-0.05, 0) is 75.7 Å². The molecule has 1 aliphatic rings. The molecule has 0 fully saturated rings. The highest BCUT2D eigenvalue weighted by Crippen LogP contribution is 2.47. The monoisotopic (exact) mass is 460 g/mol. The minimum Gasteiger partial charge on any atom is -0.456 e. The minimum absolute atomic E-state index is 0.909. The summed E-state index contributed by atoms with van der Waals surface area (Å²) in [7, 11) is 0. The van der Waals surface area contributed by atoms with Gasteiger partial charge in [0.05, 0.1) is 0 Å². The van der Waals surface area contributed by atoms with Crippen molar-refractivity contribution in [3.63, 3.8) is 0 Å². The summed E-state index contributed by atoms with van der Waals surface area (Å²) in [5.41, 5.74) is 8.98. The third kappa shape index (κ3) is 2.85. The van der Waals surface area contributed by atoms with Gasteiger partial charge in [0.2, 0.25) is 0 Å². The van der Waals surface area contributed by atoms with Crippen LogP contribution in [0.15, 0.2) is 126 Å². The van der Waals surface area contributed by atoms with Crippen molar-refractivity contribution in [1.82, 2.24) is 0 Å². The Morgan fingerprint density at radius 1 is 0.417 bits per heavy atom. The Kier molecular flexibility index (Phi) is 3.97. The first-order chi connectivity index (χ1) is 17.8. The number of benzene rings is 6. The second kappa shape index (κ2) is 7.34. The normalized spacial score (nSPS) is 12.1. The fourth-order valence-electron chi connectivity index (χ4n) is 5.52. The van der Waals surface area contributed by atoms with E-state index in [9.17, 15) is 0 Å². The van der Waals surface area contributed by atoms with Crippen LogP contribution in [0.25, 0.3) is 66.1 Å². The highest BCUT2D eigenvalue weighted by Gasteiger charge is 2.20. The average Bonchev–Trinajstić information content (AvgIpc) is 3.31. The van der Waals surface area contributed by atoms with Crippen molar-refractivity contribution in [2.24, 2.45) is 0 Å². The molecule has 168 valence electrons. The van der Waals surface area contributed by atoms with Crippen molar-refractivity contribution in [2.75, 3.05) is 0 Å². The number of para-hydroxylation sites is 2. The Morgan fingerprint density at radius 2 is 1.14 bits per heavy atom. The summed E-state index contributed by atoms with van der Waals surface area (Å²) >= 11 is 0. The van der Waals surface area contributed by atoms with Crippen molar-refractivity contribution in [3.05, 3.63) is 121 Å².